The predicted octanol–water partition coefficient (Wildman–Crippen LogP) is 2.57. The molecular formula is C17H22N2O. The van der Waals surface area contributed by atoms with E-state index in [1.165, 1.54) is 11.1 Å². The first-order valence-electron chi connectivity index (χ1n) is 7.00. The maximum absolute atomic E-state index is 5.92. The van der Waals surface area contributed by atoms with Crippen molar-refractivity contribution < 1.29 is 4.74 Å². The van der Waals surface area contributed by atoms with Crippen molar-refractivity contribution in [1.82, 2.24) is 10.6 Å². The summed E-state index contributed by atoms with van der Waals surface area (Å²) < 4.78 is 5.92. The van der Waals surface area contributed by atoms with Crippen LogP contribution in [0.1, 0.15) is 11.1 Å². The molecule has 0 aromatic heterocycles. The van der Waals surface area contributed by atoms with E-state index in [4.69, 9.17) is 4.74 Å². The third kappa shape index (κ3) is 4.68. The van der Waals surface area contributed by atoms with Crippen molar-refractivity contribution in [2.75, 3.05) is 20.1 Å². The molecule has 0 atom stereocenters. The summed E-state index contributed by atoms with van der Waals surface area (Å²) in [5.41, 5.74) is 2.38. The zero-order valence-corrected chi connectivity index (χ0v) is 11.9. The van der Waals surface area contributed by atoms with Crippen molar-refractivity contribution in [3.05, 3.63) is 65.7 Å². The second kappa shape index (κ2) is 8.35. The van der Waals surface area contributed by atoms with Gasteiger partial charge in [-0.3, -0.25) is 0 Å². The van der Waals surface area contributed by atoms with Crippen LogP contribution in [0.4, 0.5) is 0 Å². The zero-order chi connectivity index (χ0) is 14.0. The van der Waals surface area contributed by atoms with Gasteiger partial charge in [0.2, 0.25) is 0 Å². The van der Waals surface area contributed by atoms with Gasteiger partial charge < -0.3 is 15.4 Å². The first-order valence-corrected chi connectivity index (χ1v) is 7.00. The Balaban J connectivity index is 1.90. The van der Waals surface area contributed by atoms with Crippen LogP contribution in [0.5, 0.6) is 5.75 Å². The summed E-state index contributed by atoms with van der Waals surface area (Å²) in [6.45, 7) is 3.34. The summed E-state index contributed by atoms with van der Waals surface area (Å²) in [5.74, 6) is 0.952. The molecule has 0 heterocycles. The molecule has 0 saturated carbocycles. The third-order valence-corrected chi connectivity index (χ3v) is 3.08. The molecule has 0 aliphatic carbocycles. The van der Waals surface area contributed by atoms with Gasteiger partial charge in [0.05, 0.1) is 0 Å². The number of ether oxygens (including phenoxy) is 1. The Labute approximate surface area is 121 Å². The molecule has 0 spiro atoms. The van der Waals surface area contributed by atoms with Crippen LogP contribution in [-0.4, -0.2) is 20.1 Å². The number of benzene rings is 2. The van der Waals surface area contributed by atoms with Gasteiger partial charge in [0.15, 0.2) is 0 Å². The maximum Gasteiger partial charge on any atom is 0.124 e. The highest BCUT2D eigenvalue weighted by Gasteiger charge is 2.02. The van der Waals surface area contributed by atoms with Crippen molar-refractivity contribution in [3.63, 3.8) is 0 Å². The molecule has 106 valence electrons. The summed E-state index contributed by atoms with van der Waals surface area (Å²) >= 11 is 0. The molecule has 0 saturated heterocycles. The van der Waals surface area contributed by atoms with Crippen molar-refractivity contribution in [3.8, 4) is 5.75 Å². The van der Waals surface area contributed by atoms with E-state index in [2.05, 4.69) is 28.8 Å². The van der Waals surface area contributed by atoms with Crippen LogP contribution < -0.4 is 15.4 Å². The molecule has 20 heavy (non-hydrogen) atoms. The lowest BCUT2D eigenvalue weighted by Crippen LogP contribution is -2.24. The van der Waals surface area contributed by atoms with Gasteiger partial charge in [0, 0.05) is 25.2 Å². The lowest BCUT2D eigenvalue weighted by molar-refractivity contribution is 0.302. The standard InChI is InChI=1S/C17H22N2O/c1-18-11-12-19-13-16-9-5-6-10-17(16)20-14-15-7-3-2-4-8-15/h2-10,18-19H,11-14H2,1H3. The first kappa shape index (κ1) is 14.6. The van der Waals surface area contributed by atoms with Crippen molar-refractivity contribution in [2.45, 2.75) is 13.2 Å². The van der Waals surface area contributed by atoms with Gasteiger partial charge in [-0.05, 0) is 18.7 Å². The summed E-state index contributed by atoms with van der Waals surface area (Å²) in [7, 11) is 1.96. The Morgan fingerprint density at radius 1 is 0.900 bits per heavy atom. The molecule has 0 radical (unpaired) electrons. The fourth-order valence-corrected chi connectivity index (χ4v) is 1.96. The van der Waals surface area contributed by atoms with E-state index in [-0.39, 0.29) is 0 Å². The molecule has 0 unspecified atom stereocenters. The fraction of sp³-hybridized carbons (Fsp3) is 0.294. The van der Waals surface area contributed by atoms with Gasteiger partial charge in [-0.15, -0.1) is 0 Å². The van der Waals surface area contributed by atoms with Crippen LogP contribution in [0, 0.1) is 0 Å². The number of rotatable bonds is 8. The minimum Gasteiger partial charge on any atom is -0.489 e. The summed E-state index contributed by atoms with van der Waals surface area (Å²) in [5, 5.41) is 6.52. The highest BCUT2D eigenvalue weighted by molar-refractivity contribution is 5.33. The highest BCUT2D eigenvalue weighted by Crippen LogP contribution is 2.19. The number of hydrogen-bond donors (Lipinski definition) is 2. The van der Waals surface area contributed by atoms with Gasteiger partial charge >= 0.3 is 0 Å². The fourth-order valence-electron chi connectivity index (χ4n) is 1.96. The predicted molar refractivity (Wildman–Crippen MR) is 82.8 cm³/mol. The molecule has 2 aromatic rings. The SMILES string of the molecule is CNCCNCc1ccccc1OCc1ccccc1. The molecule has 0 aliphatic rings. The van der Waals surface area contributed by atoms with Crippen LogP contribution in [-0.2, 0) is 13.2 Å². The lowest BCUT2D eigenvalue weighted by Gasteiger charge is -2.12. The molecule has 3 nitrogen and oxygen atoms in total. The monoisotopic (exact) mass is 270 g/mol. The molecule has 0 fully saturated rings. The van der Waals surface area contributed by atoms with E-state index in [9.17, 15) is 0 Å². The Hall–Kier alpha value is -1.84. The van der Waals surface area contributed by atoms with Crippen LogP contribution >= 0.6 is 0 Å². The largest absolute Gasteiger partial charge is 0.489 e. The van der Waals surface area contributed by atoms with E-state index >= 15 is 0 Å². The van der Waals surface area contributed by atoms with Gasteiger partial charge in [0.25, 0.3) is 0 Å². The van der Waals surface area contributed by atoms with Crippen LogP contribution in [0.25, 0.3) is 0 Å². The van der Waals surface area contributed by atoms with Gasteiger partial charge in [-0.1, -0.05) is 48.5 Å². The van der Waals surface area contributed by atoms with Crippen molar-refractivity contribution >= 4 is 0 Å². The minimum atomic E-state index is 0.606. The quantitative estimate of drug-likeness (QED) is 0.723. The van der Waals surface area contributed by atoms with E-state index in [1.807, 2.05) is 43.4 Å². The Bertz CT molecular complexity index is 499. The topological polar surface area (TPSA) is 33.3 Å². The van der Waals surface area contributed by atoms with E-state index in [0.717, 1.165) is 25.4 Å². The first-order chi connectivity index (χ1) is 9.90. The van der Waals surface area contributed by atoms with E-state index < -0.39 is 0 Å². The molecule has 0 aliphatic heterocycles. The Morgan fingerprint density at radius 2 is 1.65 bits per heavy atom. The second-order valence-electron chi connectivity index (χ2n) is 4.66. The molecular weight excluding hydrogens is 248 g/mol. The second-order valence-corrected chi connectivity index (χ2v) is 4.66. The van der Waals surface area contributed by atoms with Gasteiger partial charge in [-0.2, -0.15) is 0 Å². The molecule has 2 aromatic carbocycles. The van der Waals surface area contributed by atoms with Gasteiger partial charge in [-0.25, -0.2) is 0 Å². The molecule has 2 rings (SSSR count). The van der Waals surface area contributed by atoms with E-state index in [0.29, 0.717) is 6.61 Å². The highest BCUT2D eigenvalue weighted by atomic mass is 16.5. The minimum absolute atomic E-state index is 0.606. The maximum atomic E-state index is 5.92. The lowest BCUT2D eigenvalue weighted by atomic mass is 10.2. The van der Waals surface area contributed by atoms with Crippen molar-refractivity contribution in [2.24, 2.45) is 0 Å². The normalized spacial score (nSPS) is 10.4. The summed E-state index contributed by atoms with van der Waals surface area (Å²) in [4.78, 5) is 0. The van der Waals surface area contributed by atoms with Crippen LogP contribution in [0.2, 0.25) is 0 Å². The van der Waals surface area contributed by atoms with Crippen LogP contribution in [0.15, 0.2) is 54.6 Å². The smallest absolute Gasteiger partial charge is 0.124 e. The zero-order valence-electron chi connectivity index (χ0n) is 11.9. The van der Waals surface area contributed by atoms with Gasteiger partial charge in [0.1, 0.15) is 12.4 Å². The molecule has 0 amide bonds. The third-order valence-electron chi connectivity index (χ3n) is 3.08. The molecule has 3 heteroatoms. The van der Waals surface area contributed by atoms with Crippen molar-refractivity contribution in [1.29, 1.82) is 0 Å². The number of para-hydroxylation sites is 1. The van der Waals surface area contributed by atoms with Crippen LogP contribution in [0.3, 0.4) is 0 Å². The number of likely N-dealkylation sites (N-methyl/N-ethyl adjacent to an activating group) is 1. The molecule has 0 bridgehead atoms. The number of hydrogen-bond acceptors (Lipinski definition) is 3. The average molecular weight is 270 g/mol. The Morgan fingerprint density at radius 3 is 2.45 bits per heavy atom. The molecule has 2 N–H and O–H groups in total. The summed E-state index contributed by atoms with van der Waals surface area (Å²) in [6, 6.07) is 18.4. The Kier molecular flexibility index (Phi) is 6.08. The summed E-state index contributed by atoms with van der Waals surface area (Å²) in [6.07, 6.45) is 0. The average Bonchev–Trinajstić information content (AvgIpc) is 2.51. The van der Waals surface area contributed by atoms with E-state index in [1.54, 1.807) is 0 Å². The number of nitrogens with one attached hydrogen (secondary N) is 2.